The predicted molar refractivity (Wildman–Crippen MR) is 177 cm³/mol. The Morgan fingerprint density at radius 2 is 1.78 bits per heavy atom. The number of nitriles is 1. The molecule has 0 aliphatic carbocycles. The Morgan fingerprint density at radius 1 is 1.04 bits per heavy atom. The van der Waals surface area contributed by atoms with E-state index in [1.54, 1.807) is 11.3 Å². The second kappa shape index (κ2) is 12.4. The maximum atomic E-state index is 11.4. The first-order valence-electron chi connectivity index (χ1n) is 15.6. The van der Waals surface area contributed by atoms with Crippen LogP contribution in [0.5, 0.6) is 0 Å². The van der Waals surface area contributed by atoms with Crippen molar-refractivity contribution in [3.05, 3.63) is 81.4 Å². The van der Waals surface area contributed by atoms with Crippen molar-refractivity contribution in [2.75, 3.05) is 32.8 Å². The van der Waals surface area contributed by atoms with E-state index in [1.165, 1.54) is 4.88 Å². The molecule has 0 unspecified atom stereocenters. The summed E-state index contributed by atoms with van der Waals surface area (Å²) in [5.74, 6) is -0.652. The number of rotatable bonds is 8. The maximum Gasteiger partial charge on any atom is 0.307 e. The van der Waals surface area contributed by atoms with E-state index < -0.39 is 5.97 Å². The molecule has 1 atom stereocenters. The summed E-state index contributed by atoms with van der Waals surface area (Å²) in [5, 5.41) is 29.7. The fourth-order valence-corrected chi connectivity index (χ4v) is 8.06. The van der Waals surface area contributed by atoms with Crippen molar-refractivity contribution in [3.8, 4) is 39.2 Å². The lowest BCUT2D eigenvalue weighted by molar-refractivity contribution is -0.141. The number of fused-ring (bicyclic) bond motifs is 2. The Kier molecular flexibility index (Phi) is 8.17. The average Bonchev–Trinajstić information content (AvgIpc) is 3.80. The Labute approximate surface area is 271 Å². The molecule has 4 heterocycles. The number of hydrogen-bond donors (Lipinski definition) is 2. The van der Waals surface area contributed by atoms with E-state index in [0.29, 0.717) is 55.2 Å². The number of aliphatic hydroxyl groups is 1. The van der Waals surface area contributed by atoms with Crippen molar-refractivity contribution in [1.29, 1.82) is 5.26 Å². The number of oxazole rings is 1. The van der Waals surface area contributed by atoms with Gasteiger partial charge in [-0.05, 0) is 72.8 Å². The lowest BCUT2D eigenvalue weighted by Crippen LogP contribution is -2.32. The van der Waals surface area contributed by atoms with Crippen molar-refractivity contribution in [3.63, 3.8) is 0 Å². The number of aliphatic hydroxyl groups excluding tert-OH is 1. The highest BCUT2D eigenvalue weighted by Crippen LogP contribution is 2.40. The molecule has 0 radical (unpaired) electrons. The van der Waals surface area contributed by atoms with Crippen LogP contribution >= 0.6 is 11.3 Å². The van der Waals surface area contributed by atoms with Gasteiger partial charge in [0.05, 0.1) is 23.8 Å². The van der Waals surface area contributed by atoms with E-state index in [-0.39, 0.29) is 12.5 Å². The van der Waals surface area contributed by atoms with Gasteiger partial charge in [-0.25, -0.2) is 9.97 Å². The molecule has 3 aromatic carbocycles. The van der Waals surface area contributed by atoms with Gasteiger partial charge in [0.25, 0.3) is 0 Å². The number of β-amino-alcohol motifs (C(OH)–C–C–N with tert-alkyl or cyclic N) is 1. The van der Waals surface area contributed by atoms with Crippen molar-refractivity contribution < 1.29 is 19.4 Å². The number of likely N-dealkylation sites (tertiary alicyclic amines) is 1. The third-order valence-corrected chi connectivity index (χ3v) is 10.5. The minimum atomic E-state index is -0.760. The molecule has 0 bridgehead atoms. The van der Waals surface area contributed by atoms with Crippen LogP contribution in [0.25, 0.3) is 44.3 Å². The van der Waals surface area contributed by atoms with Gasteiger partial charge < -0.3 is 14.6 Å². The van der Waals surface area contributed by atoms with Gasteiger partial charge in [-0.3, -0.25) is 14.6 Å². The highest BCUT2D eigenvalue weighted by Gasteiger charge is 2.28. The zero-order chi connectivity index (χ0) is 31.9. The van der Waals surface area contributed by atoms with Crippen molar-refractivity contribution in [2.24, 2.45) is 5.92 Å². The van der Waals surface area contributed by atoms with E-state index in [4.69, 9.17) is 14.4 Å². The second-order valence-corrected chi connectivity index (χ2v) is 13.4. The molecule has 5 aromatic rings. The Bertz CT molecular complexity index is 2010. The van der Waals surface area contributed by atoms with Gasteiger partial charge in [-0.2, -0.15) is 5.26 Å². The monoisotopic (exact) mass is 633 g/mol. The number of hydrogen-bond acceptors (Lipinski definition) is 9. The van der Waals surface area contributed by atoms with Crippen LogP contribution in [0.15, 0.2) is 52.9 Å². The van der Waals surface area contributed by atoms with E-state index in [1.807, 2.05) is 24.3 Å². The van der Waals surface area contributed by atoms with Crippen LogP contribution < -0.4 is 0 Å². The Morgan fingerprint density at radius 3 is 2.50 bits per heavy atom. The SMILES string of the molecule is Cc1c(-c2nc3cc(CN4CC[C@@H](C(=O)O)C4)cc(C#N)c3o2)cccc1-c1cccc(-c2nc3c(s2)CN(CCO)CC3)c1C. The van der Waals surface area contributed by atoms with Crippen LogP contribution in [0.1, 0.15) is 39.2 Å². The van der Waals surface area contributed by atoms with Gasteiger partial charge in [0.1, 0.15) is 16.6 Å². The van der Waals surface area contributed by atoms with E-state index in [9.17, 15) is 20.3 Å². The number of aromatic nitrogens is 2. The van der Waals surface area contributed by atoms with Gasteiger partial charge >= 0.3 is 5.97 Å². The van der Waals surface area contributed by atoms with E-state index >= 15 is 0 Å². The number of thiazole rings is 1. The first kappa shape index (κ1) is 30.3. The Balaban J connectivity index is 1.20. The molecule has 46 heavy (non-hydrogen) atoms. The van der Waals surface area contributed by atoms with Crippen LogP contribution in [-0.4, -0.2) is 68.7 Å². The molecule has 2 aliphatic rings. The Hall–Kier alpha value is -4.40. The summed E-state index contributed by atoms with van der Waals surface area (Å²) in [6, 6.07) is 18.5. The molecule has 1 saturated heterocycles. The molecular formula is C36H35N5O4S. The minimum Gasteiger partial charge on any atom is -0.481 e. The normalized spacial score (nSPS) is 17.0. The molecule has 2 aliphatic heterocycles. The molecule has 7 rings (SSSR count). The fraction of sp³-hybridized carbons (Fsp3) is 0.333. The summed E-state index contributed by atoms with van der Waals surface area (Å²) >= 11 is 1.74. The highest BCUT2D eigenvalue weighted by molar-refractivity contribution is 7.15. The summed E-state index contributed by atoms with van der Waals surface area (Å²) in [7, 11) is 0. The molecule has 234 valence electrons. The van der Waals surface area contributed by atoms with Crippen LogP contribution in [0.4, 0.5) is 0 Å². The number of carboxylic acid groups (broad SMARTS) is 1. The first-order chi connectivity index (χ1) is 22.3. The van der Waals surface area contributed by atoms with Gasteiger partial charge in [-0.1, -0.05) is 30.3 Å². The second-order valence-electron chi connectivity index (χ2n) is 12.3. The van der Waals surface area contributed by atoms with Crippen LogP contribution in [0, 0.1) is 31.1 Å². The number of carbonyl (C=O) groups is 1. The topological polar surface area (TPSA) is 127 Å². The maximum absolute atomic E-state index is 11.4. The van der Waals surface area contributed by atoms with Crippen LogP contribution in [0.2, 0.25) is 0 Å². The van der Waals surface area contributed by atoms with Gasteiger partial charge in [0.15, 0.2) is 5.58 Å². The summed E-state index contributed by atoms with van der Waals surface area (Å²) < 4.78 is 6.26. The van der Waals surface area contributed by atoms with Crippen LogP contribution in [-0.2, 0) is 24.3 Å². The van der Waals surface area contributed by atoms with E-state index in [0.717, 1.165) is 69.2 Å². The average molecular weight is 634 g/mol. The standard InChI is InChI=1S/C36H35N5O4S/c1-21-26(27-6-4-8-29(22(27)2)35-39-30-10-12-40(13-14-42)20-32(30)46-35)5-3-7-28(21)34-38-31-16-23(15-25(17-37)33(31)45-34)18-41-11-9-24(19-41)36(43)44/h3-8,15-16,24,42H,9-14,18-20H2,1-2H3,(H,43,44)/t24-/m1/s1. The first-order valence-corrected chi connectivity index (χ1v) is 16.5. The largest absolute Gasteiger partial charge is 0.481 e. The van der Waals surface area contributed by atoms with Crippen molar-refractivity contribution in [2.45, 2.75) is 39.8 Å². The third kappa shape index (κ3) is 5.60. The zero-order valence-corrected chi connectivity index (χ0v) is 26.7. The van der Waals surface area contributed by atoms with Crippen molar-refractivity contribution in [1.82, 2.24) is 19.8 Å². The molecule has 1 fully saturated rings. The molecule has 0 saturated carbocycles. The molecule has 0 amide bonds. The lowest BCUT2D eigenvalue weighted by Gasteiger charge is -2.24. The number of carboxylic acids is 1. The molecule has 2 N–H and O–H groups in total. The number of aliphatic carboxylic acids is 1. The lowest BCUT2D eigenvalue weighted by atomic mass is 9.91. The molecular weight excluding hydrogens is 598 g/mol. The summed E-state index contributed by atoms with van der Waals surface area (Å²) in [6.07, 6.45) is 1.53. The predicted octanol–water partition coefficient (Wildman–Crippen LogP) is 6.03. The van der Waals surface area contributed by atoms with Gasteiger partial charge in [0.2, 0.25) is 5.89 Å². The summed E-state index contributed by atoms with van der Waals surface area (Å²) in [4.78, 5) is 27.0. The third-order valence-electron chi connectivity index (χ3n) is 9.34. The molecule has 2 aromatic heterocycles. The molecule has 0 spiro atoms. The quantitative estimate of drug-likeness (QED) is 0.211. The zero-order valence-electron chi connectivity index (χ0n) is 25.9. The highest BCUT2D eigenvalue weighted by atomic mass is 32.1. The number of nitrogens with zero attached hydrogens (tertiary/aromatic N) is 5. The minimum absolute atomic E-state index is 0.167. The molecule has 10 heteroatoms. The van der Waals surface area contributed by atoms with Crippen molar-refractivity contribution >= 4 is 28.4 Å². The van der Waals surface area contributed by atoms with Gasteiger partial charge in [-0.15, -0.1) is 11.3 Å². The van der Waals surface area contributed by atoms with Gasteiger partial charge in [0, 0.05) is 55.1 Å². The fourth-order valence-electron chi connectivity index (χ4n) is 6.83. The summed E-state index contributed by atoms with van der Waals surface area (Å²) in [5.41, 5.74) is 9.94. The van der Waals surface area contributed by atoms with E-state index in [2.05, 4.69) is 54.0 Å². The number of benzene rings is 3. The smallest absolute Gasteiger partial charge is 0.307 e. The van der Waals surface area contributed by atoms with Crippen LogP contribution in [0.3, 0.4) is 0 Å². The summed E-state index contributed by atoms with van der Waals surface area (Å²) in [6.45, 7) is 8.59. The molecule has 9 nitrogen and oxygen atoms in total.